The summed E-state index contributed by atoms with van der Waals surface area (Å²) >= 11 is 1.81. The highest BCUT2D eigenvalue weighted by Crippen LogP contribution is 2.34. The molecule has 0 fully saturated rings. The molecule has 3 nitrogen and oxygen atoms in total. The van der Waals surface area contributed by atoms with Crippen molar-refractivity contribution in [2.24, 2.45) is 5.73 Å². The highest BCUT2D eigenvalue weighted by Gasteiger charge is 2.23. The van der Waals surface area contributed by atoms with Crippen LogP contribution in [0.5, 0.6) is 0 Å². The zero-order valence-corrected chi connectivity index (χ0v) is 10.7. The highest BCUT2D eigenvalue weighted by atomic mass is 32.1. The van der Waals surface area contributed by atoms with Gasteiger partial charge in [0.2, 0.25) is 0 Å². The Labute approximate surface area is 101 Å². The number of aryl methyl sites for hydroxylation is 1. The zero-order chi connectivity index (χ0) is 11.4. The molecular formula is C12H20N2OS. The lowest BCUT2D eigenvalue weighted by atomic mass is 9.91. The van der Waals surface area contributed by atoms with E-state index in [4.69, 9.17) is 10.5 Å². The number of nitrogens with zero attached hydrogens (tertiary/aromatic N) is 1. The molecular weight excluding hydrogens is 220 g/mol. The van der Waals surface area contributed by atoms with Crippen molar-refractivity contribution < 1.29 is 4.74 Å². The van der Waals surface area contributed by atoms with Gasteiger partial charge in [0.1, 0.15) is 5.01 Å². The van der Waals surface area contributed by atoms with Crippen LogP contribution in [0.4, 0.5) is 0 Å². The number of fused-ring (bicyclic) bond motifs is 1. The molecule has 0 saturated heterocycles. The Morgan fingerprint density at radius 2 is 2.44 bits per heavy atom. The summed E-state index contributed by atoms with van der Waals surface area (Å²) < 4.78 is 5.53. The van der Waals surface area contributed by atoms with Crippen LogP contribution < -0.4 is 5.73 Å². The fourth-order valence-corrected chi connectivity index (χ4v) is 3.29. The first-order valence-electron chi connectivity index (χ1n) is 6.11. The third kappa shape index (κ3) is 2.62. The largest absolute Gasteiger partial charge is 0.374 e. The van der Waals surface area contributed by atoms with Crippen LogP contribution in [0.1, 0.15) is 47.7 Å². The van der Waals surface area contributed by atoms with Gasteiger partial charge in [-0.05, 0) is 25.7 Å². The van der Waals surface area contributed by atoms with Gasteiger partial charge in [-0.3, -0.25) is 0 Å². The Kier molecular flexibility index (Phi) is 4.32. The summed E-state index contributed by atoms with van der Waals surface area (Å²) in [6.45, 7) is 4.34. The first-order chi connectivity index (χ1) is 7.85. The van der Waals surface area contributed by atoms with Crippen LogP contribution >= 0.6 is 11.3 Å². The minimum absolute atomic E-state index is 0.486. The van der Waals surface area contributed by atoms with Gasteiger partial charge in [-0.2, -0.15) is 0 Å². The molecule has 1 unspecified atom stereocenters. The summed E-state index contributed by atoms with van der Waals surface area (Å²) in [5, 5.41) is 1.12. The summed E-state index contributed by atoms with van der Waals surface area (Å²) in [6, 6.07) is 0. The predicted molar refractivity (Wildman–Crippen MR) is 66.8 cm³/mol. The number of nitrogens with two attached hydrogens (primary N) is 1. The van der Waals surface area contributed by atoms with Crippen LogP contribution in [0.3, 0.4) is 0 Å². The van der Waals surface area contributed by atoms with E-state index in [2.05, 4.69) is 11.9 Å². The van der Waals surface area contributed by atoms with Crippen LogP contribution in [0.2, 0.25) is 0 Å². The van der Waals surface area contributed by atoms with Gasteiger partial charge < -0.3 is 10.5 Å². The third-order valence-electron chi connectivity index (χ3n) is 2.97. The zero-order valence-electron chi connectivity index (χ0n) is 9.87. The van der Waals surface area contributed by atoms with E-state index in [-0.39, 0.29) is 0 Å². The first kappa shape index (κ1) is 12.0. The fraction of sp³-hybridized carbons (Fsp3) is 0.750. The average Bonchev–Trinajstić information content (AvgIpc) is 2.71. The molecule has 4 heteroatoms. The van der Waals surface area contributed by atoms with E-state index in [1.165, 1.54) is 29.8 Å². The molecule has 1 aromatic heterocycles. The summed E-state index contributed by atoms with van der Waals surface area (Å²) in [5.41, 5.74) is 7.04. The molecule has 0 radical (unpaired) electrons. The van der Waals surface area contributed by atoms with Gasteiger partial charge in [-0.1, -0.05) is 6.92 Å². The maximum atomic E-state index is 5.78. The van der Waals surface area contributed by atoms with Gasteiger partial charge in [0.05, 0.1) is 12.3 Å². The van der Waals surface area contributed by atoms with E-state index >= 15 is 0 Å². The summed E-state index contributed by atoms with van der Waals surface area (Å²) in [7, 11) is 0. The second kappa shape index (κ2) is 5.75. The Hall–Kier alpha value is -0.450. The lowest BCUT2D eigenvalue weighted by Gasteiger charge is -2.18. The highest BCUT2D eigenvalue weighted by molar-refractivity contribution is 7.11. The number of hydrogen-bond donors (Lipinski definition) is 1. The van der Waals surface area contributed by atoms with Gasteiger partial charge in [0.25, 0.3) is 0 Å². The van der Waals surface area contributed by atoms with Crippen molar-refractivity contribution in [3.63, 3.8) is 0 Å². The average molecular weight is 240 g/mol. The molecule has 16 heavy (non-hydrogen) atoms. The quantitative estimate of drug-likeness (QED) is 0.804. The normalized spacial score (nSPS) is 19.8. The van der Waals surface area contributed by atoms with Crippen LogP contribution in [0, 0.1) is 0 Å². The number of aromatic nitrogens is 1. The second-order valence-electron chi connectivity index (χ2n) is 4.29. The predicted octanol–water partition coefficient (Wildman–Crippen LogP) is 2.45. The van der Waals surface area contributed by atoms with Gasteiger partial charge in [-0.15, -0.1) is 11.3 Å². The van der Waals surface area contributed by atoms with E-state index in [1.807, 2.05) is 11.3 Å². The second-order valence-corrected chi connectivity index (χ2v) is 5.46. The summed E-state index contributed by atoms with van der Waals surface area (Å²) in [4.78, 5) is 6.13. The fourth-order valence-electron chi connectivity index (χ4n) is 2.15. The van der Waals surface area contributed by atoms with E-state index in [9.17, 15) is 0 Å². The standard InChI is InChI=1S/C12H20N2OS/c1-2-6-15-8-11-14-12-9(7-13)4-3-5-10(12)16-11/h9H,2-8,13H2,1H3. The van der Waals surface area contributed by atoms with Crippen molar-refractivity contribution in [1.29, 1.82) is 0 Å². The van der Waals surface area contributed by atoms with E-state index in [0.29, 0.717) is 12.5 Å². The van der Waals surface area contributed by atoms with Crippen molar-refractivity contribution in [2.45, 2.75) is 45.1 Å². The molecule has 1 atom stereocenters. The molecule has 2 N–H and O–H groups in total. The topological polar surface area (TPSA) is 48.1 Å². The molecule has 0 spiro atoms. The van der Waals surface area contributed by atoms with Crippen molar-refractivity contribution in [3.05, 3.63) is 15.6 Å². The number of hydrogen-bond acceptors (Lipinski definition) is 4. The Bertz CT molecular complexity index is 338. The third-order valence-corrected chi connectivity index (χ3v) is 4.08. The molecule has 90 valence electrons. The molecule has 0 bridgehead atoms. The van der Waals surface area contributed by atoms with Gasteiger partial charge in [-0.25, -0.2) is 4.98 Å². The Morgan fingerprint density at radius 3 is 3.19 bits per heavy atom. The van der Waals surface area contributed by atoms with Crippen LogP contribution in [-0.4, -0.2) is 18.1 Å². The molecule has 0 aliphatic heterocycles. The lowest BCUT2D eigenvalue weighted by Crippen LogP contribution is -2.17. The molecule has 1 aliphatic rings. The Balaban J connectivity index is 2.03. The van der Waals surface area contributed by atoms with Crippen molar-refractivity contribution in [1.82, 2.24) is 4.98 Å². The van der Waals surface area contributed by atoms with E-state index in [0.717, 1.165) is 24.6 Å². The van der Waals surface area contributed by atoms with Gasteiger partial charge >= 0.3 is 0 Å². The molecule has 0 saturated carbocycles. The van der Waals surface area contributed by atoms with Gasteiger partial charge in [0, 0.05) is 23.9 Å². The van der Waals surface area contributed by atoms with Crippen LogP contribution in [0.15, 0.2) is 0 Å². The molecule has 0 amide bonds. The van der Waals surface area contributed by atoms with Gasteiger partial charge in [0.15, 0.2) is 0 Å². The minimum Gasteiger partial charge on any atom is -0.374 e. The smallest absolute Gasteiger partial charge is 0.119 e. The number of thiazole rings is 1. The Morgan fingerprint density at radius 1 is 1.56 bits per heavy atom. The molecule has 1 aromatic rings. The van der Waals surface area contributed by atoms with E-state index < -0.39 is 0 Å². The minimum atomic E-state index is 0.486. The van der Waals surface area contributed by atoms with Crippen LogP contribution in [0.25, 0.3) is 0 Å². The molecule has 2 rings (SSSR count). The maximum absolute atomic E-state index is 5.78. The summed E-state index contributed by atoms with van der Waals surface area (Å²) in [5.74, 6) is 0.486. The van der Waals surface area contributed by atoms with Crippen molar-refractivity contribution >= 4 is 11.3 Å². The number of ether oxygens (including phenoxy) is 1. The van der Waals surface area contributed by atoms with Crippen molar-refractivity contribution in [2.75, 3.05) is 13.2 Å². The molecule has 0 aromatic carbocycles. The molecule has 1 heterocycles. The lowest BCUT2D eigenvalue weighted by molar-refractivity contribution is 0.121. The first-order valence-corrected chi connectivity index (χ1v) is 6.93. The molecule has 1 aliphatic carbocycles. The maximum Gasteiger partial charge on any atom is 0.119 e. The summed E-state index contributed by atoms with van der Waals surface area (Å²) in [6.07, 6.45) is 4.70. The SMILES string of the molecule is CCCOCc1nc2c(s1)CCCC2CN. The van der Waals surface area contributed by atoms with E-state index in [1.54, 1.807) is 0 Å². The number of rotatable bonds is 5. The monoisotopic (exact) mass is 240 g/mol. The van der Waals surface area contributed by atoms with Crippen LogP contribution in [-0.2, 0) is 17.8 Å². The van der Waals surface area contributed by atoms with Crippen molar-refractivity contribution in [3.8, 4) is 0 Å².